The maximum absolute atomic E-state index is 13.2. The average molecular weight is 616 g/mol. The highest BCUT2D eigenvalue weighted by molar-refractivity contribution is 9.11. The van der Waals surface area contributed by atoms with Crippen LogP contribution < -0.4 is 19.7 Å². The summed E-state index contributed by atoms with van der Waals surface area (Å²) in [6.07, 6.45) is 1.51. The molecular formula is C26H20Br2N2O4S. The number of halogens is 2. The molecule has 0 saturated carbocycles. The predicted octanol–water partition coefficient (Wildman–Crippen LogP) is 5.94. The molecule has 1 saturated heterocycles. The van der Waals surface area contributed by atoms with E-state index in [9.17, 15) is 9.59 Å². The van der Waals surface area contributed by atoms with Crippen molar-refractivity contribution >= 4 is 72.8 Å². The van der Waals surface area contributed by atoms with Gasteiger partial charge in [-0.2, -0.15) is 0 Å². The fraction of sp³-hybridized carbons (Fsp3) is 0.115. The van der Waals surface area contributed by atoms with E-state index in [1.165, 1.54) is 18.1 Å². The Morgan fingerprint density at radius 2 is 1.74 bits per heavy atom. The highest BCUT2D eigenvalue weighted by Gasteiger charge is 2.34. The van der Waals surface area contributed by atoms with Crippen LogP contribution in [0.1, 0.15) is 16.7 Å². The van der Waals surface area contributed by atoms with E-state index in [4.69, 9.17) is 21.7 Å². The highest BCUT2D eigenvalue weighted by Crippen LogP contribution is 2.31. The Kier molecular flexibility index (Phi) is 7.69. The van der Waals surface area contributed by atoms with Crippen LogP contribution in [0.2, 0.25) is 0 Å². The number of hydrogen-bond donors (Lipinski definition) is 1. The van der Waals surface area contributed by atoms with Crippen LogP contribution in [0, 0.1) is 6.92 Å². The minimum absolute atomic E-state index is 0.0336. The lowest BCUT2D eigenvalue weighted by atomic mass is 10.1. The van der Waals surface area contributed by atoms with Crippen LogP contribution in [0.5, 0.6) is 11.5 Å². The summed E-state index contributed by atoms with van der Waals surface area (Å²) in [6, 6.07) is 18.4. The molecule has 0 unspecified atom stereocenters. The van der Waals surface area contributed by atoms with Crippen molar-refractivity contribution in [2.45, 2.75) is 13.5 Å². The number of hydrogen-bond acceptors (Lipinski definition) is 5. The van der Waals surface area contributed by atoms with Crippen molar-refractivity contribution in [3.63, 3.8) is 0 Å². The van der Waals surface area contributed by atoms with Crippen molar-refractivity contribution in [3.8, 4) is 11.5 Å². The van der Waals surface area contributed by atoms with Gasteiger partial charge in [0.15, 0.2) is 16.6 Å². The van der Waals surface area contributed by atoms with Gasteiger partial charge in [0.2, 0.25) is 0 Å². The summed E-state index contributed by atoms with van der Waals surface area (Å²) >= 11 is 12.2. The second-order valence-electron chi connectivity index (χ2n) is 7.73. The summed E-state index contributed by atoms with van der Waals surface area (Å²) in [5.74, 6) is -0.0433. The summed E-state index contributed by atoms with van der Waals surface area (Å²) in [5, 5.41) is 2.64. The summed E-state index contributed by atoms with van der Waals surface area (Å²) in [7, 11) is 1.53. The van der Waals surface area contributed by atoms with E-state index in [0.29, 0.717) is 29.4 Å². The summed E-state index contributed by atoms with van der Waals surface area (Å²) in [5.41, 5.74) is 3.17. The molecule has 1 N–H and O–H groups in total. The molecule has 3 aromatic carbocycles. The Bertz CT molecular complexity index is 1360. The lowest BCUT2D eigenvalue weighted by Gasteiger charge is -2.29. The molecule has 6 nitrogen and oxygen atoms in total. The third kappa shape index (κ3) is 5.63. The quantitative estimate of drug-likeness (QED) is 0.211. The van der Waals surface area contributed by atoms with Crippen LogP contribution in [0.15, 0.2) is 75.2 Å². The zero-order valence-electron chi connectivity index (χ0n) is 18.8. The number of rotatable bonds is 6. The molecule has 1 heterocycles. The van der Waals surface area contributed by atoms with Gasteiger partial charge >= 0.3 is 0 Å². The number of carbonyl (C=O) groups is 2. The topological polar surface area (TPSA) is 67.9 Å². The number of aryl methyl sites for hydroxylation is 1. The third-order valence-electron chi connectivity index (χ3n) is 5.29. The molecule has 1 aliphatic heterocycles. The number of nitrogens with zero attached hydrogens (tertiary/aromatic N) is 1. The van der Waals surface area contributed by atoms with E-state index < -0.39 is 11.8 Å². The maximum Gasteiger partial charge on any atom is 0.270 e. The Morgan fingerprint density at radius 1 is 1.00 bits per heavy atom. The predicted molar refractivity (Wildman–Crippen MR) is 147 cm³/mol. The molecule has 0 bridgehead atoms. The Balaban J connectivity index is 1.59. The van der Waals surface area contributed by atoms with Crippen LogP contribution in [0.25, 0.3) is 6.08 Å². The minimum Gasteiger partial charge on any atom is -0.493 e. The molecule has 4 rings (SSSR count). The third-order valence-corrected chi connectivity index (χ3v) is 6.81. The monoisotopic (exact) mass is 614 g/mol. The van der Waals surface area contributed by atoms with Gasteiger partial charge in [-0.3, -0.25) is 19.8 Å². The van der Waals surface area contributed by atoms with Crippen LogP contribution in [-0.4, -0.2) is 24.0 Å². The smallest absolute Gasteiger partial charge is 0.270 e. The number of benzene rings is 3. The molecule has 0 aromatic heterocycles. The first kappa shape index (κ1) is 25.1. The molecule has 0 radical (unpaired) electrons. The second kappa shape index (κ2) is 10.7. The Labute approximate surface area is 225 Å². The number of ether oxygens (including phenoxy) is 2. The van der Waals surface area contributed by atoms with E-state index in [2.05, 4.69) is 37.2 Å². The largest absolute Gasteiger partial charge is 0.493 e. The molecule has 178 valence electrons. The number of methoxy groups -OCH3 is 1. The van der Waals surface area contributed by atoms with Gasteiger partial charge in [0.1, 0.15) is 12.2 Å². The van der Waals surface area contributed by atoms with E-state index in [1.54, 1.807) is 30.3 Å². The van der Waals surface area contributed by atoms with Crippen LogP contribution in [-0.2, 0) is 16.2 Å². The minimum atomic E-state index is -0.553. The van der Waals surface area contributed by atoms with Crippen molar-refractivity contribution in [2.24, 2.45) is 0 Å². The highest BCUT2D eigenvalue weighted by atomic mass is 79.9. The molecule has 2 amide bonds. The summed E-state index contributed by atoms with van der Waals surface area (Å²) in [6.45, 7) is 2.28. The molecule has 1 aliphatic rings. The number of nitrogens with one attached hydrogen (secondary N) is 1. The van der Waals surface area contributed by atoms with Crippen LogP contribution >= 0.6 is 44.1 Å². The van der Waals surface area contributed by atoms with Crippen molar-refractivity contribution in [2.75, 3.05) is 12.0 Å². The zero-order chi connectivity index (χ0) is 25.1. The van der Waals surface area contributed by atoms with Gasteiger partial charge in [-0.25, -0.2) is 0 Å². The lowest BCUT2D eigenvalue weighted by molar-refractivity contribution is -0.122. The van der Waals surface area contributed by atoms with Gasteiger partial charge in [-0.05, 0) is 67.2 Å². The maximum atomic E-state index is 13.2. The molecule has 0 aliphatic carbocycles. The number of carbonyl (C=O) groups excluding carboxylic acids is 2. The summed E-state index contributed by atoms with van der Waals surface area (Å²) in [4.78, 5) is 27.1. The first-order chi connectivity index (χ1) is 16.8. The first-order valence-corrected chi connectivity index (χ1v) is 12.5. The van der Waals surface area contributed by atoms with E-state index in [0.717, 1.165) is 20.1 Å². The van der Waals surface area contributed by atoms with Gasteiger partial charge < -0.3 is 9.47 Å². The standard InChI is InChI=1S/C26H20Br2N2O4S/c1-15-3-8-19(9-4-15)30-25(32)20(24(31)29-26(30)35)11-16-5-10-22(23(12-16)33-2)34-14-17-6-7-18(27)13-21(17)28/h3-13H,14H2,1-2H3,(H,29,31,35)/b20-11+. The van der Waals surface area contributed by atoms with E-state index >= 15 is 0 Å². The Morgan fingerprint density at radius 3 is 2.43 bits per heavy atom. The molecule has 0 spiro atoms. The van der Waals surface area contributed by atoms with Crippen LogP contribution in [0.3, 0.4) is 0 Å². The summed E-state index contributed by atoms with van der Waals surface area (Å²) < 4.78 is 13.3. The normalized spacial score (nSPS) is 14.8. The van der Waals surface area contributed by atoms with Crippen molar-refractivity contribution in [1.29, 1.82) is 0 Å². The lowest BCUT2D eigenvalue weighted by Crippen LogP contribution is -2.54. The first-order valence-electron chi connectivity index (χ1n) is 10.5. The number of thiocarbonyl (C=S) groups is 1. The van der Waals surface area contributed by atoms with E-state index in [1.807, 2.05) is 37.3 Å². The van der Waals surface area contributed by atoms with Gasteiger partial charge in [0, 0.05) is 14.5 Å². The Hall–Kier alpha value is -3.01. The van der Waals surface area contributed by atoms with Gasteiger partial charge in [0.25, 0.3) is 11.8 Å². The molecule has 9 heteroatoms. The second-order valence-corrected chi connectivity index (χ2v) is 9.88. The van der Waals surface area contributed by atoms with Gasteiger partial charge in [0.05, 0.1) is 12.8 Å². The van der Waals surface area contributed by atoms with Crippen molar-refractivity contribution in [3.05, 3.63) is 91.9 Å². The zero-order valence-corrected chi connectivity index (χ0v) is 22.8. The molecule has 0 atom stereocenters. The SMILES string of the molecule is COc1cc(/C=C2\C(=O)NC(=S)N(c3ccc(C)cc3)C2=O)ccc1OCc1ccc(Br)cc1Br. The van der Waals surface area contributed by atoms with Crippen LogP contribution in [0.4, 0.5) is 5.69 Å². The number of anilines is 1. The van der Waals surface area contributed by atoms with Crippen molar-refractivity contribution < 1.29 is 19.1 Å². The fourth-order valence-electron chi connectivity index (χ4n) is 3.44. The molecule has 35 heavy (non-hydrogen) atoms. The van der Waals surface area contributed by atoms with Gasteiger partial charge in [-0.15, -0.1) is 0 Å². The molecule has 1 fully saturated rings. The van der Waals surface area contributed by atoms with E-state index in [-0.39, 0.29) is 10.7 Å². The molecular weight excluding hydrogens is 596 g/mol. The molecule has 3 aromatic rings. The number of amides is 2. The average Bonchev–Trinajstić information content (AvgIpc) is 2.82. The van der Waals surface area contributed by atoms with Gasteiger partial charge in [-0.1, -0.05) is 61.7 Å². The fourth-order valence-corrected chi connectivity index (χ4v) is 4.88. The van der Waals surface area contributed by atoms with Crippen molar-refractivity contribution in [1.82, 2.24) is 5.32 Å².